The number of carbonyl (C=O) groups excluding carboxylic acids is 2. The first-order valence-electron chi connectivity index (χ1n) is 8.46. The van der Waals surface area contributed by atoms with Gasteiger partial charge in [0.1, 0.15) is 0 Å². The average Bonchev–Trinajstić information content (AvgIpc) is 2.58. The zero-order chi connectivity index (χ0) is 16.7. The Kier molecular flexibility index (Phi) is 3.60. The fourth-order valence-electron chi connectivity index (χ4n) is 3.71. The Balaban J connectivity index is 1.66. The molecule has 0 saturated heterocycles. The van der Waals surface area contributed by atoms with Crippen molar-refractivity contribution in [3.63, 3.8) is 0 Å². The lowest BCUT2D eigenvalue weighted by molar-refractivity contribution is -0.119. The molecule has 2 aromatic carbocycles. The summed E-state index contributed by atoms with van der Waals surface area (Å²) >= 11 is 0. The minimum atomic E-state index is -0.0922. The van der Waals surface area contributed by atoms with E-state index in [0.29, 0.717) is 12.0 Å². The molecule has 0 fully saturated rings. The van der Waals surface area contributed by atoms with Gasteiger partial charge in [0.15, 0.2) is 0 Å². The Bertz CT molecular complexity index is 824. The van der Waals surface area contributed by atoms with Gasteiger partial charge in [-0.2, -0.15) is 0 Å². The van der Waals surface area contributed by atoms with Gasteiger partial charge >= 0.3 is 0 Å². The molecule has 4 rings (SSSR count). The van der Waals surface area contributed by atoms with Gasteiger partial charge in [0, 0.05) is 24.2 Å². The van der Waals surface area contributed by atoms with Gasteiger partial charge < -0.3 is 10.2 Å². The van der Waals surface area contributed by atoms with E-state index in [0.717, 1.165) is 42.7 Å². The summed E-state index contributed by atoms with van der Waals surface area (Å²) in [6.45, 7) is 2.79. The van der Waals surface area contributed by atoms with Gasteiger partial charge in [0.2, 0.25) is 5.91 Å². The van der Waals surface area contributed by atoms with Crippen LogP contribution in [0.25, 0.3) is 0 Å². The molecule has 4 heteroatoms. The van der Waals surface area contributed by atoms with Gasteiger partial charge in [-0.15, -0.1) is 0 Å². The highest BCUT2D eigenvalue weighted by Gasteiger charge is 2.29. The molecular weight excluding hydrogens is 300 g/mol. The summed E-state index contributed by atoms with van der Waals surface area (Å²) in [6.07, 6.45) is 3.25. The van der Waals surface area contributed by atoms with Gasteiger partial charge in [0.25, 0.3) is 5.91 Å². The molecule has 0 aromatic heterocycles. The van der Waals surface area contributed by atoms with Crippen LogP contribution in [-0.4, -0.2) is 18.4 Å². The molecule has 0 bridgehead atoms. The number of aryl methyl sites for hydroxylation is 3. The zero-order valence-corrected chi connectivity index (χ0v) is 13.8. The molecule has 0 saturated carbocycles. The molecule has 1 N–H and O–H groups in total. The van der Waals surface area contributed by atoms with E-state index in [1.807, 2.05) is 48.2 Å². The van der Waals surface area contributed by atoms with Crippen molar-refractivity contribution in [2.75, 3.05) is 16.8 Å². The number of anilines is 2. The van der Waals surface area contributed by atoms with Gasteiger partial charge in [-0.3, -0.25) is 9.59 Å². The van der Waals surface area contributed by atoms with Crippen LogP contribution in [0.3, 0.4) is 0 Å². The van der Waals surface area contributed by atoms with Crippen LogP contribution in [0, 0.1) is 6.92 Å². The number of benzene rings is 2. The van der Waals surface area contributed by atoms with Crippen molar-refractivity contribution in [3.05, 3.63) is 58.7 Å². The van der Waals surface area contributed by atoms with Crippen molar-refractivity contribution in [2.45, 2.75) is 32.6 Å². The van der Waals surface area contributed by atoms with Gasteiger partial charge in [-0.1, -0.05) is 17.7 Å². The third-order valence-corrected chi connectivity index (χ3v) is 4.81. The van der Waals surface area contributed by atoms with E-state index in [4.69, 9.17) is 0 Å². The Hall–Kier alpha value is -2.62. The SMILES string of the molecule is Cc1cccc(C(=O)Nc2cc3c4c(c2)CCC(=O)N4CCC3)c1. The third kappa shape index (κ3) is 2.58. The predicted octanol–water partition coefficient (Wildman–Crippen LogP) is 3.47. The number of rotatable bonds is 2. The molecule has 2 aliphatic heterocycles. The van der Waals surface area contributed by atoms with Crippen LogP contribution >= 0.6 is 0 Å². The second-order valence-corrected chi connectivity index (χ2v) is 6.62. The van der Waals surface area contributed by atoms with Crippen molar-refractivity contribution >= 4 is 23.2 Å². The van der Waals surface area contributed by atoms with Gasteiger partial charge in [-0.05, 0) is 61.6 Å². The highest BCUT2D eigenvalue weighted by atomic mass is 16.2. The zero-order valence-electron chi connectivity index (χ0n) is 13.8. The van der Waals surface area contributed by atoms with Crippen LogP contribution in [0.15, 0.2) is 36.4 Å². The standard InChI is InChI=1S/C20H20N2O2/c1-13-4-2-5-16(10-13)20(24)21-17-11-14-6-3-9-22-18(23)8-7-15(12-17)19(14)22/h2,4-5,10-12H,3,6-9H2,1H3,(H,21,24). The Morgan fingerprint density at radius 2 is 1.88 bits per heavy atom. The van der Waals surface area contributed by atoms with E-state index in [2.05, 4.69) is 5.32 Å². The highest BCUT2D eigenvalue weighted by Crippen LogP contribution is 2.37. The van der Waals surface area contributed by atoms with E-state index >= 15 is 0 Å². The highest BCUT2D eigenvalue weighted by molar-refractivity contribution is 6.05. The van der Waals surface area contributed by atoms with Crippen LogP contribution < -0.4 is 10.2 Å². The van der Waals surface area contributed by atoms with E-state index < -0.39 is 0 Å². The minimum Gasteiger partial charge on any atom is -0.322 e. The summed E-state index contributed by atoms with van der Waals surface area (Å²) in [5.41, 5.74) is 5.99. The molecule has 4 nitrogen and oxygen atoms in total. The number of nitrogens with one attached hydrogen (secondary N) is 1. The molecule has 0 atom stereocenters. The maximum absolute atomic E-state index is 12.5. The van der Waals surface area contributed by atoms with E-state index in [1.54, 1.807) is 0 Å². The molecule has 2 heterocycles. The summed E-state index contributed by atoms with van der Waals surface area (Å²) in [4.78, 5) is 26.5. The topological polar surface area (TPSA) is 49.4 Å². The minimum absolute atomic E-state index is 0.0922. The number of nitrogens with zero attached hydrogens (tertiary/aromatic N) is 1. The lowest BCUT2D eigenvalue weighted by atomic mass is 9.91. The summed E-state index contributed by atoms with van der Waals surface area (Å²) in [7, 11) is 0. The summed E-state index contributed by atoms with van der Waals surface area (Å²) < 4.78 is 0. The molecule has 0 radical (unpaired) electrons. The molecular formula is C20H20N2O2. The number of amides is 2. The molecule has 24 heavy (non-hydrogen) atoms. The fraction of sp³-hybridized carbons (Fsp3) is 0.300. The van der Waals surface area contributed by atoms with E-state index in [9.17, 15) is 9.59 Å². The maximum Gasteiger partial charge on any atom is 0.255 e. The Morgan fingerprint density at radius 1 is 1.08 bits per heavy atom. The monoisotopic (exact) mass is 320 g/mol. The molecule has 122 valence electrons. The van der Waals surface area contributed by atoms with Crippen LogP contribution in [0.4, 0.5) is 11.4 Å². The van der Waals surface area contributed by atoms with Crippen molar-refractivity contribution in [1.82, 2.24) is 0 Å². The Labute approximate surface area is 141 Å². The molecule has 0 aliphatic carbocycles. The first-order valence-corrected chi connectivity index (χ1v) is 8.46. The largest absolute Gasteiger partial charge is 0.322 e. The number of carbonyl (C=O) groups is 2. The maximum atomic E-state index is 12.5. The molecule has 0 unspecified atom stereocenters. The lowest BCUT2D eigenvalue weighted by Crippen LogP contribution is -2.39. The van der Waals surface area contributed by atoms with Crippen molar-refractivity contribution < 1.29 is 9.59 Å². The van der Waals surface area contributed by atoms with Crippen LogP contribution in [0.1, 0.15) is 39.9 Å². The van der Waals surface area contributed by atoms with Crippen molar-refractivity contribution in [1.29, 1.82) is 0 Å². The first-order chi connectivity index (χ1) is 11.6. The smallest absolute Gasteiger partial charge is 0.255 e. The van der Waals surface area contributed by atoms with Gasteiger partial charge in [0.05, 0.1) is 5.69 Å². The Morgan fingerprint density at radius 3 is 2.67 bits per heavy atom. The number of hydrogen-bond acceptors (Lipinski definition) is 2. The third-order valence-electron chi connectivity index (χ3n) is 4.81. The van der Waals surface area contributed by atoms with Crippen LogP contribution in [-0.2, 0) is 17.6 Å². The number of hydrogen-bond donors (Lipinski definition) is 1. The molecule has 0 spiro atoms. The van der Waals surface area contributed by atoms with Crippen LogP contribution in [0.5, 0.6) is 0 Å². The fourth-order valence-corrected chi connectivity index (χ4v) is 3.71. The molecule has 2 aromatic rings. The quantitative estimate of drug-likeness (QED) is 0.921. The summed E-state index contributed by atoms with van der Waals surface area (Å²) in [6, 6.07) is 11.6. The molecule has 2 aliphatic rings. The summed E-state index contributed by atoms with van der Waals surface area (Å²) in [5.74, 6) is 0.130. The van der Waals surface area contributed by atoms with Crippen LogP contribution in [0.2, 0.25) is 0 Å². The van der Waals surface area contributed by atoms with E-state index in [1.165, 1.54) is 11.1 Å². The van der Waals surface area contributed by atoms with E-state index in [-0.39, 0.29) is 11.8 Å². The molecule has 2 amide bonds. The average molecular weight is 320 g/mol. The second-order valence-electron chi connectivity index (χ2n) is 6.62. The lowest BCUT2D eigenvalue weighted by Gasteiger charge is -2.35. The second kappa shape index (κ2) is 5.78. The van der Waals surface area contributed by atoms with Crippen molar-refractivity contribution in [2.24, 2.45) is 0 Å². The van der Waals surface area contributed by atoms with Crippen molar-refractivity contribution in [3.8, 4) is 0 Å². The summed E-state index contributed by atoms with van der Waals surface area (Å²) in [5, 5.41) is 3.02. The normalized spacial score (nSPS) is 15.9. The van der Waals surface area contributed by atoms with Gasteiger partial charge in [-0.25, -0.2) is 0 Å². The first kappa shape index (κ1) is 14.9. The predicted molar refractivity (Wildman–Crippen MR) is 94.6 cm³/mol.